The summed E-state index contributed by atoms with van der Waals surface area (Å²) in [4.78, 5) is 29.5. The molecule has 0 bridgehead atoms. The fourth-order valence-electron chi connectivity index (χ4n) is 3.76. The van der Waals surface area contributed by atoms with Crippen LogP contribution in [0.2, 0.25) is 0 Å². The van der Waals surface area contributed by atoms with Gasteiger partial charge in [-0.2, -0.15) is 0 Å². The molecule has 1 aliphatic carbocycles. The van der Waals surface area contributed by atoms with E-state index in [2.05, 4.69) is 38.1 Å². The zero-order valence-electron chi connectivity index (χ0n) is 17.3. The molecule has 2 aromatic rings. The monoisotopic (exact) mass is 392 g/mol. The second kappa shape index (κ2) is 7.90. The van der Waals surface area contributed by atoms with E-state index in [1.807, 2.05) is 29.2 Å². The summed E-state index contributed by atoms with van der Waals surface area (Å²) in [6.45, 7) is 6.70. The van der Waals surface area contributed by atoms with Gasteiger partial charge in [0.15, 0.2) is 6.10 Å². The number of ether oxygens (including phenoxy) is 1. The molecule has 152 valence electrons. The van der Waals surface area contributed by atoms with E-state index in [-0.39, 0.29) is 24.4 Å². The number of nitrogens with zero attached hydrogens (tertiary/aromatic N) is 2. The van der Waals surface area contributed by atoms with Gasteiger partial charge in [0.1, 0.15) is 12.3 Å². The van der Waals surface area contributed by atoms with E-state index in [4.69, 9.17) is 4.74 Å². The molecule has 2 aliphatic rings. The van der Waals surface area contributed by atoms with E-state index in [0.29, 0.717) is 23.9 Å². The molecule has 29 heavy (non-hydrogen) atoms. The van der Waals surface area contributed by atoms with Crippen LogP contribution in [0.25, 0.3) is 0 Å². The van der Waals surface area contributed by atoms with Crippen LogP contribution in [0.4, 0.5) is 5.69 Å². The molecule has 0 N–H and O–H groups in total. The van der Waals surface area contributed by atoms with Crippen molar-refractivity contribution in [2.24, 2.45) is 0 Å². The number of fused-ring (bicyclic) bond motifs is 1. The van der Waals surface area contributed by atoms with Crippen molar-refractivity contribution in [1.82, 2.24) is 4.90 Å². The van der Waals surface area contributed by atoms with Gasteiger partial charge in [-0.1, -0.05) is 50.2 Å². The maximum absolute atomic E-state index is 13.2. The smallest absolute Gasteiger partial charge is 0.268 e. The third-order valence-corrected chi connectivity index (χ3v) is 5.67. The first-order valence-electron chi connectivity index (χ1n) is 10.4. The predicted molar refractivity (Wildman–Crippen MR) is 113 cm³/mol. The number of benzene rings is 2. The van der Waals surface area contributed by atoms with Crippen molar-refractivity contribution in [3.05, 3.63) is 59.7 Å². The molecule has 4 rings (SSSR count). The van der Waals surface area contributed by atoms with Gasteiger partial charge in [0.05, 0.1) is 5.69 Å². The van der Waals surface area contributed by atoms with Crippen molar-refractivity contribution >= 4 is 17.5 Å². The van der Waals surface area contributed by atoms with E-state index in [9.17, 15) is 9.59 Å². The van der Waals surface area contributed by atoms with Crippen molar-refractivity contribution < 1.29 is 14.3 Å². The Balaban J connectivity index is 1.52. The summed E-state index contributed by atoms with van der Waals surface area (Å²) in [7, 11) is 0. The Morgan fingerprint density at radius 2 is 1.83 bits per heavy atom. The minimum atomic E-state index is -0.587. The largest absolute Gasteiger partial charge is 0.479 e. The average molecular weight is 392 g/mol. The van der Waals surface area contributed by atoms with Gasteiger partial charge >= 0.3 is 0 Å². The van der Waals surface area contributed by atoms with Crippen molar-refractivity contribution in [3.8, 4) is 5.75 Å². The number of carbonyl (C=O) groups is 2. The van der Waals surface area contributed by atoms with Crippen LogP contribution in [0.1, 0.15) is 50.7 Å². The molecule has 5 heteroatoms. The first kappa shape index (κ1) is 19.5. The van der Waals surface area contributed by atoms with Crippen molar-refractivity contribution in [1.29, 1.82) is 0 Å². The molecule has 1 unspecified atom stereocenters. The summed E-state index contributed by atoms with van der Waals surface area (Å²) in [6.07, 6.45) is 1.47. The average Bonchev–Trinajstić information content (AvgIpc) is 3.55. The van der Waals surface area contributed by atoms with Gasteiger partial charge in [-0.05, 0) is 48.9 Å². The third-order valence-electron chi connectivity index (χ3n) is 5.67. The fraction of sp³-hybridized carbons (Fsp3) is 0.417. The normalized spacial score (nSPS) is 18.4. The predicted octanol–water partition coefficient (Wildman–Crippen LogP) is 4.12. The standard InChI is InChI=1S/C24H28N2O3/c1-16(2)19-10-8-18(9-11-19)14-25(20-12-13-20)23(27)15-26-21-6-4-5-7-22(21)29-17(3)24(26)28/h4-11,16-17,20H,12-15H2,1-3H3. The third kappa shape index (κ3) is 4.14. The molecule has 2 aromatic carbocycles. The minimum absolute atomic E-state index is 0.0160. The van der Waals surface area contributed by atoms with E-state index in [1.165, 1.54) is 5.56 Å². The summed E-state index contributed by atoms with van der Waals surface area (Å²) in [5.74, 6) is 0.945. The molecular weight excluding hydrogens is 364 g/mol. The molecule has 1 fully saturated rings. The van der Waals surface area contributed by atoms with Crippen LogP contribution in [0.15, 0.2) is 48.5 Å². The summed E-state index contributed by atoms with van der Waals surface area (Å²) in [6, 6.07) is 16.2. The van der Waals surface area contributed by atoms with E-state index in [0.717, 1.165) is 18.4 Å². The summed E-state index contributed by atoms with van der Waals surface area (Å²) < 4.78 is 5.69. The lowest BCUT2D eigenvalue weighted by Crippen LogP contribution is -2.49. The van der Waals surface area contributed by atoms with E-state index in [1.54, 1.807) is 11.8 Å². The SMILES string of the molecule is CC1Oc2ccccc2N(CC(=O)N(Cc2ccc(C(C)C)cc2)C2CC2)C1=O. The number of para-hydroxylation sites is 2. The number of anilines is 1. The molecule has 1 saturated carbocycles. The van der Waals surface area contributed by atoms with E-state index < -0.39 is 6.10 Å². The highest BCUT2D eigenvalue weighted by Gasteiger charge is 2.37. The van der Waals surface area contributed by atoms with Crippen LogP contribution < -0.4 is 9.64 Å². The molecule has 1 atom stereocenters. The molecule has 0 radical (unpaired) electrons. The highest BCUT2D eigenvalue weighted by molar-refractivity contribution is 6.03. The molecule has 0 saturated heterocycles. The van der Waals surface area contributed by atoms with Gasteiger partial charge in [-0.3, -0.25) is 14.5 Å². The minimum Gasteiger partial charge on any atom is -0.479 e. The fourth-order valence-corrected chi connectivity index (χ4v) is 3.76. The molecule has 0 aromatic heterocycles. The van der Waals surface area contributed by atoms with Crippen LogP contribution >= 0.6 is 0 Å². The van der Waals surface area contributed by atoms with Crippen LogP contribution in [-0.4, -0.2) is 35.4 Å². The molecule has 1 heterocycles. The Morgan fingerprint density at radius 1 is 1.14 bits per heavy atom. The van der Waals surface area contributed by atoms with Crippen molar-refractivity contribution in [3.63, 3.8) is 0 Å². The highest BCUT2D eigenvalue weighted by Crippen LogP contribution is 2.34. The zero-order chi connectivity index (χ0) is 20.5. The number of hydrogen-bond acceptors (Lipinski definition) is 3. The lowest BCUT2D eigenvalue weighted by Gasteiger charge is -2.34. The second-order valence-electron chi connectivity index (χ2n) is 8.30. The number of rotatable bonds is 6. The van der Waals surface area contributed by atoms with Gasteiger partial charge in [-0.15, -0.1) is 0 Å². The molecule has 5 nitrogen and oxygen atoms in total. The Morgan fingerprint density at radius 3 is 2.48 bits per heavy atom. The van der Waals surface area contributed by atoms with Crippen molar-refractivity contribution in [2.45, 2.75) is 58.2 Å². The maximum atomic E-state index is 13.2. The Hall–Kier alpha value is -2.82. The van der Waals surface area contributed by atoms with Crippen LogP contribution in [0.3, 0.4) is 0 Å². The lowest BCUT2D eigenvalue weighted by atomic mass is 10.0. The van der Waals surface area contributed by atoms with E-state index >= 15 is 0 Å². The highest BCUT2D eigenvalue weighted by atomic mass is 16.5. The molecular formula is C24H28N2O3. The quantitative estimate of drug-likeness (QED) is 0.743. The van der Waals surface area contributed by atoms with Gasteiger partial charge < -0.3 is 9.64 Å². The first-order chi connectivity index (χ1) is 13.9. The maximum Gasteiger partial charge on any atom is 0.268 e. The molecule has 1 aliphatic heterocycles. The van der Waals surface area contributed by atoms with Crippen LogP contribution in [0.5, 0.6) is 5.75 Å². The summed E-state index contributed by atoms with van der Waals surface area (Å²) in [5, 5.41) is 0. The Bertz CT molecular complexity index is 903. The number of amides is 2. The van der Waals surface area contributed by atoms with Gasteiger partial charge in [0, 0.05) is 12.6 Å². The number of carbonyl (C=O) groups excluding carboxylic acids is 2. The van der Waals surface area contributed by atoms with Gasteiger partial charge in [-0.25, -0.2) is 0 Å². The second-order valence-corrected chi connectivity index (χ2v) is 8.30. The molecule has 2 amide bonds. The van der Waals surface area contributed by atoms with Gasteiger partial charge in [0.25, 0.3) is 5.91 Å². The topological polar surface area (TPSA) is 49.9 Å². The summed E-state index contributed by atoms with van der Waals surface area (Å²) >= 11 is 0. The lowest BCUT2D eigenvalue weighted by molar-refractivity contribution is -0.134. The van der Waals surface area contributed by atoms with Crippen LogP contribution in [-0.2, 0) is 16.1 Å². The first-order valence-corrected chi connectivity index (χ1v) is 10.4. The Labute approximate surface area is 172 Å². The van der Waals surface area contributed by atoms with Crippen molar-refractivity contribution in [2.75, 3.05) is 11.4 Å². The zero-order valence-corrected chi connectivity index (χ0v) is 17.3. The summed E-state index contributed by atoms with van der Waals surface area (Å²) in [5.41, 5.74) is 3.08. The Kier molecular flexibility index (Phi) is 5.31. The van der Waals surface area contributed by atoms with Gasteiger partial charge in [0.2, 0.25) is 5.91 Å². The van der Waals surface area contributed by atoms with Crippen LogP contribution in [0, 0.1) is 0 Å². The molecule has 0 spiro atoms. The number of hydrogen-bond donors (Lipinski definition) is 0.